The quantitative estimate of drug-likeness (QED) is 0.585. The molecule has 0 saturated heterocycles. The first-order chi connectivity index (χ1) is 9.36. The first-order valence-electron chi connectivity index (χ1n) is 7.98. The average Bonchev–Trinajstić information content (AvgIpc) is 2.60. The molecule has 1 aromatic rings. The van der Waals surface area contributed by atoms with Crippen molar-refractivity contribution >= 4 is 6.08 Å². The molecule has 1 spiro atoms. The van der Waals surface area contributed by atoms with E-state index in [1.165, 1.54) is 31.2 Å². The molecule has 4 bridgehead atoms. The molecule has 4 saturated carbocycles. The standard InChI is InChI=1S/C19H21/c1-2-4-15-6-7-19(18(15)5-3-1)16-9-13-8-14(11-16)12-17(19)10-13/h1-7,13-14,16-17H,8-12H2/q+1. The first-order valence-corrected chi connectivity index (χ1v) is 7.98. The van der Waals surface area contributed by atoms with E-state index >= 15 is 0 Å². The van der Waals surface area contributed by atoms with Crippen LogP contribution in [0.3, 0.4) is 0 Å². The topological polar surface area (TPSA) is 0 Å². The molecule has 0 nitrogen and oxygen atoms in total. The monoisotopic (exact) mass is 249 g/mol. The second-order valence-corrected chi connectivity index (χ2v) is 7.35. The largest absolute Gasteiger partial charge is 0.0709 e. The maximum absolute atomic E-state index is 2.60. The van der Waals surface area contributed by atoms with Crippen LogP contribution >= 0.6 is 0 Å². The summed E-state index contributed by atoms with van der Waals surface area (Å²) < 4.78 is 0. The molecule has 0 atom stereocenters. The van der Waals surface area contributed by atoms with Crippen molar-refractivity contribution in [3.05, 3.63) is 47.5 Å². The van der Waals surface area contributed by atoms with E-state index in [-0.39, 0.29) is 0 Å². The van der Waals surface area contributed by atoms with E-state index in [4.69, 9.17) is 0 Å². The molecule has 4 fully saturated rings. The van der Waals surface area contributed by atoms with Crippen LogP contribution in [0.15, 0.2) is 36.4 Å². The summed E-state index contributed by atoms with van der Waals surface area (Å²) in [6.07, 6.45) is 12.5. The van der Waals surface area contributed by atoms with Crippen LogP contribution in [0.2, 0.25) is 0 Å². The number of fused-ring (bicyclic) bond motifs is 1. The highest BCUT2D eigenvalue weighted by Gasteiger charge is 2.60. The van der Waals surface area contributed by atoms with Crippen LogP contribution in [0.5, 0.6) is 0 Å². The summed E-state index contributed by atoms with van der Waals surface area (Å²) in [5, 5.41) is 0. The molecule has 1 aromatic carbocycles. The molecular formula is C19H21+. The van der Waals surface area contributed by atoms with Gasteiger partial charge in [0, 0.05) is 24.3 Å². The van der Waals surface area contributed by atoms with Crippen molar-refractivity contribution in [2.45, 2.75) is 37.5 Å². The van der Waals surface area contributed by atoms with Crippen LogP contribution < -0.4 is 0 Å². The van der Waals surface area contributed by atoms with Crippen molar-refractivity contribution in [2.75, 3.05) is 0 Å². The maximum Gasteiger partial charge on any atom is 0.0709 e. The van der Waals surface area contributed by atoms with Gasteiger partial charge in [-0.3, -0.25) is 0 Å². The summed E-state index contributed by atoms with van der Waals surface area (Å²) in [6.45, 7) is 0. The average molecular weight is 249 g/mol. The van der Waals surface area contributed by atoms with E-state index in [1.54, 1.807) is 12.0 Å². The first kappa shape index (κ1) is 10.6. The van der Waals surface area contributed by atoms with Gasteiger partial charge in [-0.2, -0.15) is 0 Å². The summed E-state index contributed by atoms with van der Waals surface area (Å²) in [6, 6.07) is 11.3. The third-order valence-corrected chi connectivity index (χ3v) is 6.57. The summed E-state index contributed by atoms with van der Waals surface area (Å²) in [5.41, 5.74) is 3.55. The van der Waals surface area contributed by atoms with Crippen molar-refractivity contribution < 1.29 is 0 Å². The molecular weight excluding hydrogens is 228 g/mol. The third-order valence-electron chi connectivity index (χ3n) is 6.57. The van der Waals surface area contributed by atoms with Gasteiger partial charge in [0.05, 0.1) is 16.5 Å². The van der Waals surface area contributed by atoms with Gasteiger partial charge in [0.2, 0.25) is 0 Å². The van der Waals surface area contributed by atoms with Crippen LogP contribution in [0.4, 0.5) is 0 Å². The molecule has 0 radical (unpaired) electrons. The van der Waals surface area contributed by atoms with Gasteiger partial charge < -0.3 is 0 Å². The second-order valence-electron chi connectivity index (χ2n) is 7.35. The fraction of sp³-hybridized carbons (Fsp3) is 0.526. The Morgan fingerprint density at radius 3 is 2.37 bits per heavy atom. The zero-order valence-electron chi connectivity index (χ0n) is 11.4. The molecule has 0 N–H and O–H groups in total. The zero-order chi connectivity index (χ0) is 12.4. The van der Waals surface area contributed by atoms with Crippen LogP contribution in [-0.4, -0.2) is 0 Å². The van der Waals surface area contributed by atoms with Gasteiger partial charge in [-0.15, -0.1) is 0 Å². The van der Waals surface area contributed by atoms with Crippen molar-refractivity contribution in [1.29, 1.82) is 0 Å². The molecule has 0 unspecified atom stereocenters. The molecule has 96 valence electrons. The van der Waals surface area contributed by atoms with E-state index < -0.39 is 0 Å². The number of allylic oxidation sites excluding steroid dienone is 1. The summed E-state index contributed by atoms with van der Waals surface area (Å²) in [7, 11) is 0. The minimum atomic E-state index is 0.418. The second kappa shape index (κ2) is 3.48. The molecule has 0 aromatic heterocycles. The van der Waals surface area contributed by atoms with Gasteiger partial charge in [-0.1, -0.05) is 0 Å². The van der Waals surface area contributed by atoms with Crippen molar-refractivity contribution in [3.8, 4) is 0 Å². The molecule has 0 amide bonds. The predicted molar refractivity (Wildman–Crippen MR) is 78.6 cm³/mol. The smallest absolute Gasteiger partial charge is 0.0475 e. The molecule has 5 aliphatic rings. The van der Waals surface area contributed by atoms with Crippen LogP contribution in [-0.2, 0) is 5.41 Å². The van der Waals surface area contributed by atoms with Gasteiger partial charge >= 0.3 is 0 Å². The Morgan fingerprint density at radius 2 is 1.63 bits per heavy atom. The van der Waals surface area contributed by atoms with E-state index in [1.807, 2.05) is 0 Å². The maximum atomic E-state index is 2.60. The summed E-state index contributed by atoms with van der Waals surface area (Å²) in [4.78, 5) is 0. The van der Waals surface area contributed by atoms with Crippen LogP contribution in [0, 0.1) is 23.7 Å². The van der Waals surface area contributed by atoms with Gasteiger partial charge in [0.25, 0.3) is 0 Å². The zero-order valence-corrected chi connectivity index (χ0v) is 11.4. The molecule has 0 heterocycles. The molecule has 6 rings (SSSR count). The van der Waals surface area contributed by atoms with Crippen LogP contribution in [0.25, 0.3) is 6.08 Å². The van der Waals surface area contributed by atoms with Gasteiger partial charge in [0.15, 0.2) is 0 Å². The molecule has 19 heavy (non-hydrogen) atoms. The van der Waals surface area contributed by atoms with E-state index in [0.717, 1.165) is 23.7 Å². The third kappa shape index (κ3) is 1.23. The molecule has 0 heteroatoms. The van der Waals surface area contributed by atoms with Gasteiger partial charge in [-0.25, -0.2) is 0 Å². The summed E-state index contributed by atoms with van der Waals surface area (Å²) in [5.74, 6) is 3.98. The lowest BCUT2D eigenvalue weighted by atomic mass is 9.44. The SMILES string of the molecule is C1=CC2(c3ccccc[c+]31)C1CC3CC(C1)CC2C3. The Morgan fingerprint density at radius 1 is 0.895 bits per heavy atom. The Labute approximate surface area is 115 Å². The fourth-order valence-corrected chi connectivity index (χ4v) is 6.09. The fourth-order valence-electron chi connectivity index (χ4n) is 6.09. The van der Waals surface area contributed by atoms with E-state index in [0.29, 0.717) is 5.41 Å². The lowest BCUT2D eigenvalue weighted by Gasteiger charge is -2.58. The van der Waals surface area contributed by atoms with Crippen LogP contribution in [0.1, 0.15) is 43.2 Å². The van der Waals surface area contributed by atoms with E-state index in [9.17, 15) is 0 Å². The van der Waals surface area contributed by atoms with Gasteiger partial charge in [0.1, 0.15) is 0 Å². The highest BCUT2D eigenvalue weighted by Crippen LogP contribution is 2.65. The molecule has 0 aliphatic heterocycles. The van der Waals surface area contributed by atoms with Gasteiger partial charge in [-0.05, 0) is 74.0 Å². The number of rotatable bonds is 0. The predicted octanol–water partition coefficient (Wildman–Crippen LogP) is 4.69. The number of hydrogen-bond acceptors (Lipinski definition) is 0. The normalized spacial score (nSPS) is 44.8. The lowest BCUT2D eigenvalue weighted by molar-refractivity contribution is -0.0370. The van der Waals surface area contributed by atoms with Crippen molar-refractivity contribution in [3.63, 3.8) is 0 Å². The van der Waals surface area contributed by atoms with Crippen molar-refractivity contribution in [1.82, 2.24) is 0 Å². The number of hydrogen-bond donors (Lipinski definition) is 0. The Kier molecular flexibility index (Phi) is 1.94. The highest BCUT2D eigenvalue weighted by molar-refractivity contribution is 5.66. The lowest BCUT2D eigenvalue weighted by Crippen LogP contribution is -2.53. The Balaban J connectivity index is 1.72. The Hall–Kier alpha value is -1.17. The van der Waals surface area contributed by atoms with Crippen molar-refractivity contribution in [2.24, 2.45) is 23.7 Å². The Bertz CT molecular complexity index is 544. The minimum Gasteiger partial charge on any atom is -0.0475 e. The molecule has 5 aliphatic carbocycles. The summed E-state index contributed by atoms with van der Waals surface area (Å²) >= 11 is 0. The highest BCUT2D eigenvalue weighted by atomic mass is 14.6. The minimum absolute atomic E-state index is 0.418. The van der Waals surface area contributed by atoms with E-state index in [2.05, 4.69) is 42.5 Å².